The Labute approximate surface area is 278 Å². The molecule has 2 aromatic heterocycles. The number of nitrogens with one attached hydrogen (secondary N) is 1. The molecule has 262 valence electrons. The minimum Gasteiger partial charge on any atom is -0.393 e. The molecule has 2 heterocycles. The Morgan fingerprint density at radius 2 is 1.50 bits per heavy atom. The third-order valence-electron chi connectivity index (χ3n) is 8.65. The molecule has 0 atom stereocenters. The van der Waals surface area contributed by atoms with E-state index in [0.29, 0.717) is 48.8 Å². The summed E-state index contributed by atoms with van der Waals surface area (Å²) in [5, 5.41) is 13.2. The number of aliphatic hydroxyl groups is 1. The average Bonchev–Trinajstić information content (AvgIpc) is 3.42. The quantitative estimate of drug-likeness (QED) is 0.164. The van der Waals surface area contributed by atoms with Gasteiger partial charge in [0.2, 0.25) is 5.95 Å². The summed E-state index contributed by atoms with van der Waals surface area (Å²) in [6.45, 7) is 9.04. The Bertz CT molecular complexity index is 1580. The number of nitrogens with zero attached hydrogens (tertiary/aromatic N) is 4. The summed E-state index contributed by atoms with van der Waals surface area (Å²) in [5.74, 6) is -0.127. The minimum absolute atomic E-state index is 0.0210. The van der Waals surface area contributed by atoms with E-state index in [-0.39, 0.29) is 24.2 Å². The summed E-state index contributed by atoms with van der Waals surface area (Å²) in [5.41, 5.74) is 0.196. The number of hydrogen-bond acceptors (Lipinski definition) is 5. The monoisotopic (exact) mass is 677 g/mol. The average molecular weight is 678 g/mol. The van der Waals surface area contributed by atoms with Crippen LogP contribution in [0.25, 0.3) is 22.2 Å². The number of fused-ring (bicyclic) bond motifs is 1. The van der Waals surface area contributed by atoms with Gasteiger partial charge in [0.15, 0.2) is 0 Å². The SMILES string of the molecule is CCCCN(C)CCC.CCc1ccc(-c2cn(C3CCC(O)CC3)c3nc(Nc4cc(C(F)(F)F)cc(C(F)(F)F)c4)ncc23)cc1. The first kappa shape index (κ1) is 37.2. The zero-order valence-electron chi connectivity index (χ0n) is 27.9. The van der Waals surface area contributed by atoms with Gasteiger partial charge in [-0.05, 0) is 94.4 Å². The lowest BCUT2D eigenvalue weighted by molar-refractivity contribution is -0.143. The van der Waals surface area contributed by atoms with Crippen molar-refractivity contribution >= 4 is 22.7 Å². The molecular weight excluding hydrogens is 632 g/mol. The maximum atomic E-state index is 13.3. The van der Waals surface area contributed by atoms with Crippen LogP contribution in [0.4, 0.5) is 38.0 Å². The molecular formula is C36H45F6N5O. The topological polar surface area (TPSA) is 66.2 Å². The van der Waals surface area contributed by atoms with Gasteiger partial charge in [-0.2, -0.15) is 31.3 Å². The Kier molecular flexibility index (Phi) is 12.5. The number of unbranched alkanes of at least 4 members (excludes halogenated alkanes) is 1. The minimum atomic E-state index is -4.97. The molecule has 0 bridgehead atoms. The van der Waals surface area contributed by atoms with E-state index in [1.54, 1.807) is 0 Å². The van der Waals surface area contributed by atoms with E-state index >= 15 is 0 Å². The third-order valence-corrected chi connectivity index (χ3v) is 8.65. The number of aliphatic hydroxyl groups excluding tert-OH is 1. The van der Waals surface area contributed by atoms with Crippen LogP contribution in [0, 0.1) is 0 Å². The molecule has 4 aromatic rings. The number of benzene rings is 2. The number of hydrogen-bond donors (Lipinski definition) is 2. The van der Waals surface area contributed by atoms with E-state index in [4.69, 9.17) is 0 Å². The molecule has 6 nitrogen and oxygen atoms in total. The van der Waals surface area contributed by atoms with E-state index in [1.807, 2.05) is 35.0 Å². The lowest BCUT2D eigenvalue weighted by atomic mass is 9.93. The number of aromatic nitrogens is 3. The molecule has 0 aliphatic heterocycles. The first-order valence-electron chi connectivity index (χ1n) is 16.6. The van der Waals surface area contributed by atoms with Crippen LogP contribution in [0.5, 0.6) is 0 Å². The molecule has 2 N–H and O–H groups in total. The van der Waals surface area contributed by atoms with Crippen molar-refractivity contribution in [1.82, 2.24) is 19.4 Å². The molecule has 0 spiro atoms. The van der Waals surface area contributed by atoms with Crippen LogP contribution in [0.3, 0.4) is 0 Å². The maximum absolute atomic E-state index is 13.3. The Morgan fingerprint density at radius 3 is 2.04 bits per heavy atom. The Balaban J connectivity index is 0.000000508. The van der Waals surface area contributed by atoms with E-state index in [2.05, 4.69) is 48.0 Å². The standard InChI is InChI=1S/C28H26F6N4O.C8H19N/c1-2-16-3-5-17(6-4-16)24-15-38(21-7-9-22(39)10-8-21)25-23(24)14-35-26(37-25)36-20-12-18(27(29,30)31)11-19(13-20)28(32,33)34;1-4-6-8-9(3)7-5-2/h3-6,11-15,21-22,39H,2,7-10H2,1H3,(H,35,36,37);4-8H2,1-3H3. The second-order valence-electron chi connectivity index (χ2n) is 12.5. The molecule has 0 saturated heterocycles. The number of halogens is 6. The molecule has 12 heteroatoms. The third kappa shape index (κ3) is 9.72. The zero-order valence-corrected chi connectivity index (χ0v) is 27.9. The van der Waals surface area contributed by atoms with Gasteiger partial charge in [-0.3, -0.25) is 0 Å². The highest BCUT2D eigenvalue weighted by atomic mass is 19.4. The number of aryl methyl sites for hydroxylation is 1. The summed E-state index contributed by atoms with van der Waals surface area (Å²) in [6.07, 6.45) is 0.634. The van der Waals surface area contributed by atoms with Crippen molar-refractivity contribution in [2.45, 2.75) is 96.6 Å². The van der Waals surface area contributed by atoms with Gasteiger partial charge in [0.25, 0.3) is 0 Å². The van der Waals surface area contributed by atoms with Crippen molar-refractivity contribution < 1.29 is 31.4 Å². The van der Waals surface area contributed by atoms with Crippen LogP contribution in [0.15, 0.2) is 54.9 Å². The molecule has 1 fully saturated rings. The lowest BCUT2D eigenvalue weighted by Crippen LogP contribution is -2.20. The van der Waals surface area contributed by atoms with Crippen LogP contribution < -0.4 is 5.32 Å². The summed E-state index contributed by atoms with van der Waals surface area (Å²) >= 11 is 0. The fourth-order valence-corrected chi connectivity index (χ4v) is 5.93. The van der Waals surface area contributed by atoms with Crippen molar-refractivity contribution in [3.63, 3.8) is 0 Å². The van der Waals surface area contributed by atoms with Gasteiger partial charge in [-0.25, -0.2) is 4.98 Å². The molecule has 0 radical (unpaired) electrons. The predicted octanol–water partition coefficient (Wildman–Crippen LogP) is 10.0. The van der Waals surface area contributed by atoms with Crippen molar-refractivity contribution in [2.75, 3.05) is 25.5 Å². The van der Waals surface area contributed by atoms with Gasteiger partial charge in [0.05, 0.1) is 17.2 Å². The fraction of sp³-hybridized carbons (Fsp3) is 0.500. The predicted molar refractivity (Wildman–Crippen MR) is 178 cm³/mol. The highest BCUT2D eigenvalue weighted by molar-refractivity contribution is 5.94. The van der Waals surface area contributed by atoms with Gasteiger partial charge in [0.1, 0.15) is 5.65 Å². The van der Waals surface area contributed by atoms with E-state index in [1.165, 1.54) is 44.1 Å². The second kappa shape index (κ2) is 16.2. The van der Waals surface area contributed by atoms with Gasteiger partial charge in [-0.15, -0.1) is 0 Å². The van der Waals surface area contributed by atoms with Gasteiger partial charge >= 0.3 is 12.4 Å². The maximum Gasteiger partial charge on any atom is 0.416 e. The largest absolute Gasteiger partial charge is 0.416 e. The highest BCUT2D eigenvalue weighted by Gasteiger charge is 2.37. The van der Waals surface area contributed by atoms with Crippen molar-refractivity contribution in [3.8, 4) is 11.1 Å². The van der Waals surface area contributed by atoms with E-state index in [9.17, 15) is 31.4 Å². The number of anilines is 2. The van der Waals surface area contributed by atoms with Crippen molar-refractivity contribution in [2.24, 2.45) is 0 Å². The highest BCUT2D eigenvalue weighted by Crippen LogP contribution is 2.39. The second-order valence-corrected chi connectivity index (χ2v) is 12.5. The first-order chi connectivity index (χ1) is 22.7. The molecule has 1 aliphatic carbocycles. The molecule has 5 rings (SSSR count). The summed E-state index contributed by atoms with van der Waals surface area (Å²) in [7, 11) is 2.19. The number of rotatable bonds is 10. The van der Waals surface area contributed by atoms with E-state index < -0.39 is 29.2 Å². The Hall–Kier alpha value is -3.64. The molecule has 1 aliphatic rings. The Morgan fingerprint density at radius 1 is 0.875 bits per heavy atom. The summed E-state index contributed by atoms with van der Waals surface area (Å²) in [6, 6.07) is 9.35. The van der Waals surface area contributed by atoms with Crippen LogP contribution in [0.1, 0.15) is 88.4 Å². The van der Waals surface area contributed by atoms with Gasteiger partial charge in [-0.1, -0.05) is 51.5 Å². The summed E-state index contributed by atoms with van der Waals surface area (Å²) < 4.78 is 82.0. The molecule has 0 amide bonds. The van der Waals surface area contributed by atoms with Crippen LogP contribution in [-0.2, 0) is 18.8 Å². The smallest absolute Gasteiger partial charge is 0.393 e. The summed E-state index contributed by atoms with van der Waals surface area (Å²) in [4.78, 5) is 11.2. The van der Waals surface area contributed by atoms with E-state index in [0.717, 1.165) is 17.5 Å². The molecule has 0 unspecified atom stereocenters. The van der Waals surface area contributed by atoms with Crippen LogP contribution in [0.2, 0.25) is 0 Å². The molecule has 2 aromatic carbocycles. The zero-order chi connectivity index (χ0) is 35.1. The number of alkyl halides is 6. The van der Waals surface area contributed by atoms with Gasteiger partial charge < -0.3 is 19.9 Å². The molecule has 1 saturated carbocycles. The fourth-order valence-electron chi connectivity index (χ4n) is 5.93. The molecule has 48 heavy (non-hydrogen) atoms. The first-order valence-corrected chi connectivity index (χ1v) is 16.6. The van der Waals surface area contributed by atoms with Crippen molar-refractivity contribution in [1.29, 1.82) is 0 Å². The normalized spacial score (nSPS) is 17.0. The van der Waals surface area contributed by atoms with Gasteiger partial charge in [0, 0.05) is 35.1 Å². The lowest BCUT2D eigenvalue weighted by Gasteiger charge is -2.27. The van der Waals surface area contributed by atoms with Crippen molar-refractivity contribution in [3.05, 3.63) is 71.5 Å². The van der Waals surface area contributed by atoms with Crippen LogP contribution >= 0.6 is 0 Å². The van der Waals surface area contributed by atoms with Crippen LogP contribution in [-0.4, -0.2) is 50.8 Å².